The van der Waals surface area contributed by atoms with Gasteiger partial charge in [0, 0.05) is 6.54 Å². The Bertz CT molecular complexity index is 392. The highest BCUT2D eigenvalue weighted by molar-refractivity contribution is 5.87. The van der Waals surface area contributed by atoms with Crippen LogP contribution in [0.3, 0.4) is 0 Å². The molecule has 2 aliphatic rings. The zero-order chi connectivity index (χ0) is 13.2. The minimum absolute atomic E-state index is 0.234. The van der Waals surface area contributed by atoms with Crippen LogP contribution in [-0.4, -0.2) is 40.6 Å². The number of carbonyl (C=O) groups excluding carboxylic acids is 1. The Morgan fingerprint density at radius 3 is 2.50 bits per heavy atom. The Hall–Kier alpha value is -1.70. The molecule has 5 heteroatoms. The molecule has 0 atom stereocenters. The van der Waals surface area contributed by atoms with Gasteiger partial charge in [-0.05, 0) is 38.0 Å². The molecule has 2 N–H and O–H groups in total. The summed E-state index contributed by atoms with van der Waals surface area (Å²) in [5, 5.41) is 11.8. The number of urea groups is 1. The van der Waals surface area contributed by atoms with Crippen LogP contribution < -0.4 is 5.32 Å². The number of terminal acetylenes is 1. The smallest absolute Gasteiger partial charge is 0.329 e. The Labute approximate surface area is 107 Å². The van der Waals surface area contributed by atoms with E-state index in [1.807, 2.05) is 0 Å². The molecule has 2 saturated carbocycles. The highest BCUT2D eigenvalue weighted by Gasteiger charge is 2.46. The number of hydrogen-bond acceptors (Lipinski definition) is 2. The van der Waals surface area contributed by atoms with Gasteiger partial charge in [0.1, 0.15) is 5.54 Å². The van der Waals surface area contributed by atoms with E-state index in [1.54, 1.807) is 4.90 Å². The van der Waals surface area contributed by atoms with Crippen molar-refractivity contribution in [3.8, 4) is 12.3 Å². The Balaban J connectivity index is 1.95. The zero-order valence-electron chi connectivity index (χ0n) is 10.3. The van der Waals surface area contributed by atoms with Crippen molar-refractivity contribution in [3.63, 3.8) is 0 Å². The topological polar surface area (TPSA) is 69.6 Å². The molecule has 0 aliphatic heterocycles. The summed E-state index contributed by atoms with van der Waals surface area (Å²) in [4.78, 5) is 24.8. The zero-order valence-corrected chi connectivity index (χ0v) is 10.3. The molecule has 2 aliphatic carbocycles. The summed E-state index contributed by atoms with van der Waals surface area (Å²) in [5.74, 6) is 2.03. The van der Waals surface area contributed by atoms with Crippen molar-refractivity contribution in [2.75, 3.05) is 13.1 Å². The van der Waals surface area contributed by atoms with Gasteiger partial charge in [-0.15, -0.1) is 6.42 Å². The van der Waals surface area contributed by atoms with Crippen molar-refractivity contribution in [2.45, 2.75) is 37.6 Å². The number of nitrogens with one attached hydrogen (secondary N) is 1. The predicted octanol–water partition coefficient (Wildman–Crippen LogP) is 1.05. The summed E-state index contributed by atoms with van der Waals surface area (Å²) in [6.45, 7) is 0.865. The molecular formula is C13H18N2O3. The molecule has 0 aromatic rings. The van der Waals surface area contributed by atoms with Crippen molar-refractivity contribution in [2.24, 2.45) is 5.92 Å². The number of rotatable bonds is 5. The summed E-state index contributed by atoms with van der Waals surface area (Å²) in [6.07, 6.45) is 9.33. The number of carboxylic acid groups (broad SMARTS) is 1. The normalized spacial score (nSPS) is 20.4. The van der Waals surface area contributed by atoms with Gasteiger partial charge in [0.05, 0.1) is 6.54 Å². The fourth-order valence-electron chi connectivity index (χ4n) is 2.15. The van der Waals surface area contributed by atoms with E-state index in [-0.39, 0.29) is 12.6 Å². The second-order valence-electron chi connectivity index (χ2n) is 5.20. The standard InChI is InChI=1S/C13H18N2O3/c1-2-8-15(9-10-4-5-10)12(18)14-13(11(16)17)6-3-7-13/h1,10H,3-9H2,(H,14,18)(H,16,17). The molecule has 0 heterocycles. The van der Waals surface area contributed by atoms with Gasteiger partial charge in [-0.25, -0.2) is 9.59 Å². The van der Waals surface area contributed by atoms with Crippen molar-refractivity contribution in [3.05, 3.63) is 0 Å². The quantitative estimate of drug-likeness (QED) is 0.716. The van der Waals surface area contributed by atoms with Gasteiger partial charge >= 0.3 is 12.0 Å². The number of amides is 2. The molecule has 0 saturated heterocycles. The lowest BCUT2D eigenvalue weighted by Crippen LogP contribution is -2.61. The predicted molar refractivity (Wildman–Crippen MR) is 65.9 cm³/mol. The third kappa shape index (κ3) is 2.58. The first-order valence-electron chi connectivity index (χ1n) is 6.31. The van der Waals surface area contributed by atoms with E-state index in [9.17, 15) is 9.59 Å². The fraction of sp³-hybridized carbons (Fsp3) is 0.692. The van der Waals surface area contributed by atoms with Crippen molar-refractivity contribution < 1.29 is 14.7 Å². The lowest BCUT2D eigenvalue weighted by molar-refractivity contribution is -0.148. The van der Waals surface area contributed by atoms with Crippen LogP contribution in [0.5, 0.6) is 0 Å². The number of carbonyl (C=O) groups is 2. The third-order valence-corrected chi connectivity index (χ3v) is 3.71. The van der Waals surface area contributed by atoms with Crippen LogP contribution in [0.25, 0.3) is 0 Å². The van der Waals surface area contributed by atoms with E-state index >= 15 is 0 Å². The molecule has 5 nitrogen and oxygen atoms in total. The third-order valence-electron chi connectivity index (χ3n) is 3.71. The molecule has 0 radical (unpaired) electrons. The summed E-state index contributed by atoms with van der Waals surface area (Å²) >= 11 is 0. The first-order chi connectivity index (χ1) is 8.57. The first-order valence-corrected chi connectivity index (χ1v) is 6.31. The van der Waals surface area contributed by atoms with E-state index in [0.29, 0.717) is 25.3 Å². The van der Waals surface area contributed by atoms with E-state index < -0.39 is 11.5 Å². The van der Waals surface area contributed by atoms with Crippen LogP contribution in [0.15, 0.2) is 0 Å². The first kappa shape index (κ1) is 12.7. The van der Waals surface area contributed by atoms with Gasteiger partial charge < -0.3 is 15.3 Å². The van der Waals surface area contributed by atoms with Crippen LogP contribution in [0.1, 0.15) is 32.1 Å². The largest absolute Gasteiger partial charge is 0.480 e. The highest BCUT2D eigenvalue weighted by Crippen LogP contribution is 2.33. The van der Waals surface area contributed by atoms with Gasteiger partial charge in [0.2, 0.25) is 0 Å². The van der Waals surface area contributed by atoms with Gasteiger partial charge in [0.15, 0.2) is 0 Å². The number of carboxylic acids is 1. The fourth-order valence-corrected chi connectivity index (χ4v) is 2.15. The number of nitrogens with zero attached hydrogens (tertiary/aromatic N) is 1. The number of aliphatic carboxylic acids is 1. The van der Waals surface area contributed by atoms with Crippen LogP contribution >= 0.6 is 0 Å². The lowest BCUT2D eigenvalue weighted by atomic mass is 9.77. The SMILES string of the molecule is C#CCN(CC1CC1)C(=O)NC1(C(=O)O)CCC1. The van der Waals surface area contributed by atoms with Crippen LogP contribution in [0.4, 0.5) is 4.79 Å². The van der Waals surface area contributed by atoms with Crippen LogP contribution in [-0.2, 0) is 4.79 Å². The Kier molecular flexibility index (Phi) is 3.46. The molecule has 2 rings (SSSR count). The second kappa shape index (κ2) is 4.89. The maximum Gasteiger partial charge on any atom is 0.329 e. The summed E-state index contributed by atoms with van der Waals surface area (Å²) in [5.41, 5.74) is -1.06. The average molecular weight is 250 g/mol. The highest BCUT2D eigenvalue weighted by atomic mass is 16.4. The van der Waals surface area contributed by atoms with Gasteiger partial charge in [-0.3, -0.25) is 0 Å². The summed E-state index contributed by atoms with van der Waals surface area (Å²) in [6, 6.07) is -0.345. The molecule has 0 aromatic heterocycles. The molecule has 0 spiro atoms. The molecule has 2 amide bonds. The Morgan fingerprint density at radius 2 is 2.11 bits per heavy atom. The monoisotopic (exact) mass is 250 g/mol. The molecule has 98 valence electrons. The maximum atomic E-state index is 12.1. The lowest BCUT2D eigenvalue weighted by Gasteiger charge is -2.39. The molecule has 18 heavy (non-hydrogen) atoms. The van der Waals surface area contributed by atoms with E-state index in [4.69, 9.17) is 11.5 Å². The Morgan fingerprint density at radius 1 is 1.44 bits per heavy atom. The minimum Gasteiger partial charge on any atom is -0.480 e. The summed E-state index contributed by atoms with van der Waals surface area (Å²) in [7, 11) is 0. The second-order valence-corrected chi connectivity index (χ2v) is 5.20. The molecule has 2 fully saturated rings. The van der Waals surface area contributed by atoms with E-state index in [2.05, 4.69) is 11.2 Å². The van der Waals surface area contributed by atoms with Crippen molar-refractivity contribution >= 4 is 12.0 Å². The average Bonchev–Trinajstić information content (AvgIpc) is 3.05. The number of hydrogen-bond donors (Lipinski definition) is 2. The molecule has 0 unspecified atom stereocenters. The molecule has 0 aromatic carbocycles. The summed E-state index contributed by atoms with van der Waals surface area (Å²) < 4.78 is 0. The van der Waals surface area contributed by atoms with Crippen LogP contribution in [0.2, 0.25) is 0 Å². The van der Waals surface area contributed by atoms with Crippen molar-refractivity contribution in [1.29, 1.82) is 0 Å². The minimum atomic E-state index is -1.06. The van der Waals surface area contributed by atoms with Crippen molar-refractivity contribution in [1.82, 2.24) is 10.2 Å². The van der Waals surface area contributed by atoms with E-state index in [1.165, 1.54) is 0 Å². The molecule has 0 bridgehead atoms. The molecular weight excluding hydrogens is 232 g/mol. The van der Waals surface area contributed by atoms with Crippen LogP contribution in [0, 0.1) is 18.3 Å². The van der Waals surface area contributed by atoms with Gasteiger partial charge in [-0.1, -0.05) is 5.92 Å². The van der Waals surface area contributed by atoms with E-state index in [0.717, 1.165) is 19.3 Å². The van der Waals surface area contributed by atoms with Gasteiger partial charge in [-0.2, -0.15) is 0 Å². The maximum absolute atomic E-state index is 12.1. The van der Waals surface area contributed by atoms with Gasteiger partial charge in [0.25, 0.3) is 0 Å².